The highest BCUT2D eigenvalue weighted by molar-refractivity contribution is 5.97. The largest absolute Gasteiger partial charge is 0.453 e. The van der Waals surface area contributed by atoms with Gasteiger partial charge in [0.2, 0.25) is 5.95 Å². The molecule has 2 N–H and O–H groups in total. The molecule has 2 amide bonds. The van der Waals surface area contributed by atoms with E-state index in [1.165, 1.54) is 25.4 Å². The molecule has 4 aromatic rings. The molecular weight excluding hydrogens is 505 g/mol. The normalized spacial score (nSPS) is 13.9. The predicted octanol–water partition coefficient (Wildman–Crippen LogP) is 4.28. The molecule has 0 saturated carbocycles. The maximum absolute atomic E-state index is 14.8. The van der Waals surface area contributed by atoms with Gasteiger partial charge in [-0.15, -0.1) is 0 Å². The van der Waals surface area contributed by atoms with Crippen LogP contribution in [0.15, 0.2) is 48.8 Å². The Morgan fingerprint density at radius 2 is 1.92 bits per heavy atom. The Morgan fingerprint density at radius 3 is 2.62 bits per heavy atom. The molecule has 5 rings (SSSR count). The number of nitrogens with one attached hydrogen (secondary N) is 2. The molecule has 1 aliphatic heterocycles. The lowest BCUT2D eigenvalue weighted by atomic mass is 10.0. The number of methoxy groups -OCH3 is 1. The number of piperazine rings is 1. The van der Waals surface area contributed by atoms with E-state index in [4.69, 9.17) is 9.47 Å². The Bertz CT molecular complexity index is 1480. The van der Waals surface area contributed by atoms with Crippen LogP contribution in [0.4, 0.5) is 19.9 Å². The first-order valence-corrected chi connectivity index (χ1v) is 12.5. The summed E-state index contributed by atoms with van der Waals surface area (Å²) in [5.74, 6) is -0.301. The molecule has 1 aromatic carbocycles. The van der Waals surface area contributed by atoms with Crippen LogP contribution in [0.2, 0.25) is 0 Å². The highest BCUT2D eigenvalue weighted by atomic mass is 19.1. The first-order chi connectivity index (χ1) is 18.9. The number of halogens is 1. The van der Waals surface area contributed by atoms with Gasteiger partial charge in [-0.2, -0.15) is 0 Å². The molecule has 202 valence electrons. The maximum Gasteiger partial charge on any atom is 0.413 e. The van der Waals surface area contributed by atoms with E-state index in [0.717, 1.165) is 29.9 Å². The standard InChI is InChI=1S/C27H28FN7O4/c1-3-39-26(36)33-25-31-22-14-18(13-20(24(22)32-25)23-21(28)5-4-8-29-23)17-6-7-19(30-15-17)16-34-9-11-35(12-10-34)27(37)38-2/h4-8,13-15H,3,9-12,16H2,1-2H3,(H2,31,32,33,36). The summed E-state index contributed by atoms with van der Waals surface area (Å²) in [4.78, 5) is 44.0. The number of anilines is 1. The van der Waals surface area contributed by atoms with E-state index in [1.807, 2.05) is 24.3 Å². The molecule has 0 atom stereocenters. The van der Waals surface area contributed by atoms with Gasteiger partial charge in [-0.05, 0) is 42.8 Å². The minimum atomic E-state index is -0.645. The van der Waals surface area contributed by atoms with Crippen molar-refractivity contribution in [3.05, 3.63) is 60.3 Å². The number of aromatic nitrogens is 4. The number of hydrogen-bond donors (Lipinski definition) is 2. The van der Waals surface area contributed by atoms with E-state index in [2.05, 4.69) is 30.2 Å². The monoisotopic (exact) mass is 533 g/mol. The van der Waals surface area contributed by atoms with Gasteiger partial charge < -0.3 is 19.4 Å². The number of ether oxygens (including phenoxy) is 2. The molecular formula is C27H28FN7O4. The number of carbonyl (C=O) groups excluding carboxylic acids is 2. The zero-order chi connectivity index (χ0) is 27.4. The third kappa shape index (κ3) is 5.80. The SMILES string of the molecule is CCOC(=O)Nc1nc2cc(-c3ccc(CN4CCN(C(=O)OC)CC4)nc3)cc(-c3ncccc3F)c2[nH]1. The summed E-state index contributed by atoms with van der Waals surface area (Å²) in [6.07, 6.45) is 2.34. The summed E-state index contributed by atoms with van der Waals surface area (Å²) >= 11 is 0. The van der Waals surface area contributed by atoms with E-state index in [1.54, 1.807) is 18.0 Å². The van der Waals surface area contributed by atoms with E-state index >= 15 is 0 Å². The third-order valence-corrected chi connectivity index (χ3v) is 6.45. The fourth-order valence-corrected chi connectivity index (χ4v) is 4.51. The lowest BCUT2D eigenvalue weighted by molar-refractivity contribution is 0.0885. The third-order valence-electron chi connectivity index (χ3n) is 6.45. The molecule has 0 aliphatic carbocycles. The van der Waals surface area contributed by atoms with Crippen LogP contribution >= 0.6 is 0 Å². The van der Waals surface area contributed by atoms with Crippen molar-refractivity contribution in [1.82, 2.24) is 29.7 Å². The lowest BCUT2D eigenvalue weighted by Crippen LogP contribution is -2.48. The first kappa shape index (κ1) is 26.0. The second-order valence-corrected chi connectivity index (χ2v) is 8.95. The number of aromatic amines is 1. The summed E-state index contributed by atoms with van der Waals surface area (Å²) in [5.41, 5.74) is 4.18. The van der Waals surface area contributed by atoms with Gasteiger partial charge >= 0.3 is 12.2 Å². The van der Waals surface area contributed by atoms with Crippen molar-refractivity contribution in [1.29, 1.82) is 0 Å². The first-order valence-electron chi connectivity index (χ1n) is 12.5. The van der Waals surface area contributed by atoms with Crippen molar-refractivity contribution in [2.24, 2.45) is 0 Å². The van der Waals surface area contributed by atoms with Crippen molar-refractivity contribution in [2.75, 3.05) is 45.2 Å². The Morgan fingerprint density at radius 1 is 1.10 bits per heavy atom. The zero-order valence-electron chi connectivity index (χ0n) is 21.6. The Balaban J connectivity index is 1.41. The molecule has 0 spiro atoms. The van der Waals surface area contributed by atoms with Crippen LogP contribution in [-0.4, -0.2) is 81.8 Å². The molecule has 1 aliphatic rings. The molecule has 3 aromatic heterocycles. The van der Waals surface area contributed by atoms with Crippen LogP contribution in [0.1, 0.15) is 12.6 Å². The molecule has 11 nitrogen and oxygen atoms in total. The number of H-pyrrole nitrogens is 1. The highest BCUT2D eigenvalue weighted by Crippen LogP contribution is 2.34. The van der Waals surface area contributed by atoms with E-state index in [-0.39, 0.29) is 24.3 Å². The number of rotatable bonds is 6. The van der Waals surface area contributed by atoms with Gasteiger partial charge in [0, 0.05) is 56.2 Å². The molecule has 1 fully saturated rings. The quantitative estimate of drug-likeness (QED) is 0.376. The Hall–Kier alpha value is -4.58. The minimum absolute atomic E-state index is 0.159. The van der Waals surface area contributed by atoms with E-state index in [9.17, 15) is 14.0 Å². The Kier molecular flexibility index (Phi) is 7.64. The average molecular weight is 534 g/mol. The molecule has 0 radical (unpaired) electrons. The molecule has 1 saturated heterocycles. The van der Waals surface area contributed by atoms with Gasteiger partial charge in [-0.25, -0.2) is 19.0 Å². The zero-order valence-corrected chi connectivity index (χ0v) is 21.6. The number of carbonyl (C=O) groups is 2. The van der Waals surface area contributed by atoms with Crippen LogP contribution in [0.5, 0.6) is 0 Å². The van der Waals surface area contributed by atoms with E-state index in [0.29, 0.717) is 36.2 Å². The molecule has 0 bridgehead atoms. The second kappa shape index (κ2) is 11.4. The van der Waals surface area contributed by atoms with Crippen LogP contribution < -0.4 is 5.32 Å². The van der Waals surface area contributed by atoms with E-state index < -0.39 is 11.9 Å². The average Bonchev–Trinajstić information content (AvgIpc) is 3.35. The number of amides is 2. The molecule has 0 unspecified atom stereocenters. The number of imidazole rings is 1. The lowest BCUT2D eigenvalue weighted by Gasteiger charge is -2.33. The fraction of sp³-hybridized carbons (Fsp3) is 0.296. The maximum atomic E-state index is 14.8. The van der Waals surface area contributed by atoms with Gasteiger partial charge in [-0.1, -0.05) is 6.07 Å². The van der Waals surface area contributed by atoms with Crippen molar-refractivity contribution >= 4 is 29.2 Å². The summed E-state index contributed by atoms with van der Waals surface area (Å²) in [7, 11) is 1.39. The smallest absolute Gasteiger partial charge is 0.413 e. The topological polar surface area (TPSA) is 126 Å². The van der Waals surface area contributed by atoms with Gasteiger partial charge in [0.05, 0.1) is 30.4 Å². The van der Waals surface area contributed by atoms with Crippen molar-refractivity contribution in [2.45, 2.75) is 13.5 Å². The predicted molar refractivity (Wildman–Crippen MR) is 142 cm³/mol. The van der Waals surface area contributed by atoms with Crippen LogP contribution in [-0.2, 0) is 16.0 Å². The summed E-state index contributed by atoms with van der Waals surface area (Å²) in [5, 5.41) is 2.56. The van der Waals surface area contributed by atoms with Gasteiger partial charge in [0.25, 0.3) is 0 Å². The second-order valence-electron chi connectivity index (χ2n) is 8.95. The van der Waals surface area contributed by atoms with Gasteiger partial charge in [-0.3, -0.25) is 20.2 Å². The Labute approximate surface area is 224 Å². The van der Waals surface area contributed by atoms with Gasteiger partial charge in [0.1, 0.15) is 11.5 Å². The van der Waals surface area contributed by atoms with Crippen molar-refractivity contribution in [3.8, 4) is 22.4 Å². The highest BCUT2D eigenvalue weighted by Gasteiger charge is 2.22. The fourth-order valence-electron chi connectivity index (χ4n) is 4.51. The number of fused-ring (bicyclic) bond motifs is 1. The number of nitrogens with zero attached hydrogens (tertiary/aromatic N) is 5. The minimum Gasteiger partial charge on any atom is -0.453 e. The number of hydrogen-bond acceptors (Lipinski definition) is 8. The molecule has 4 heterocycles. The number of pyridine rings is 2. The number of benzene rings is 1. The summed E-state index contributed by atoms with van der Waals surface area (Å²) < 4.78 is 24.5. The molecule has 12 heteroatoms. The van der Waals surface area contributed by atoms with Crippen LogP contribution in [0.3, 0.4) is 0 Å². The van der Waals surface area contributed by atoms with Crippen molar-refractivity contribution in [3.63, 3.8) is 0 Å². The van der Waals surface area contributed by atoms with Crippen molar-refractivity contribution < 1.29 is 23.5 Å². The summed E-state index contributed by atoms with van der Waals surface area (Å²) in [6.45, 7) is 5.25. The van der Waals surface area contributed by atoms with Crippen LogP contribution in [0.25, 0.3) is 33.4 Å². The summed E-state index contributed by atoms with van der Waals surface area (Å²) in [6, 6.07) is 10.4. The van der Waals surface area contributed by atoms with Gasteiger partial charge in [0.15, 0.2) is 0 Å². The van der Waals surface area contributed by atoms with Crippen LogP contribution in [0, 0.1) is 5.82 Å². The molecule has 39 heavy (non-hydrogen) atoms.